The van der Waals surface area contributed by atoms with E-state index in [9.17, 15) is 14.0 Å². The molecule has 126 valence electrons. The second kappa shape index (κ2) is 6.24. The summed E-state index contributed by atoms with van der Waals surface area (Å²) in [6.45, 7) is 1.76. The molecular weight excluding hydrogens is 359 g/mol. The number of anilines is 1. The van der Waals surface area contributed by atoms with Crippen LogP contribution in [0.5, 0.6) is 0 Å². The fourth-order valence-corrected chi connectivity index (χ4v) is 5.10. The lowest BCUT2D eigenvalue weighted by Gasteiger charge is -2.15. The van der Waals surface area contributed by atoms with E-state index < -0.39 is 17.0 Å². The highest BCUT2D eigenvalue weighted by Gasteiger charge is 2.41. The minimum absolute atomic E-state index is 0.0213. The van der Waals surface area contributed by atoms with Crippen LogP contribution < -0.4 is 4.90 Å². The molecule has 1 atom stereocenters. The van der Waals surface area contributed by atoms with Crippen LogP contribution in [-0.4, -0.2) is 22.0 Å². The molecule has 1 saturated heterocycles. The van der Waals surface area contributed by atoms with E-state index in [0.29, 0.717) is 0 Å². The number of benzene rings is 2. The predicted octanol–water partition coefficient (Wildman–Crippen LogP) is 4.17. The predicted molar refractivity (Wildman–Crippen MR) is 97.5 cm³/mol. The summed E-state index contributed by atoms with van der Waals surface area (Å²) >= 11 is 2.75. The molecule has 1 aliphatic rings. The maximum Gasteiger partial charge on any atom is 0.247 e. The van der Waals surface area contributed by atoms with E-state index in [-0.39, 0.29) is 18.0 Å². The highest BCUT2D eigenvalue weighted by Crippen LogP contribution is 2.38. The van der Waals surface area contributed by atoms with Crippen LogP contribution in [0, 0.1) is 12.7 Å². The fraction of sp³-hybridized carbons (Fsp3) is 0.167. The van der Waals surface area contributed by atoms with Crippen LogP contribution in [0.25, 0.3) is 10.2 Å². The number of imide groups is 1. The number of rotatable bonds is 3. The molecule has 0 bridgehead atoms. The summed E-state index contributed by atoms with van der Waals surface area (Å²) in [5, 5.41) is -0.575. The van der Waals surface area contributed by atoms with Crippen LogP contribution in [0.2, 0.25) is 0 Å². The highest BCUT2D eigenvalue weighted by molar-refractivity contribution is 8.02. The fourth-order valence-electron chi connectivity index (χ4n) is 2.77. The lowest BCUT2D eigenvalue weighted by molar-refractivity contribution is -0.121. The van der Waals surface area contributed by atoms with Crippen LogP contribution in [0.1, 0.15) is 12.0 Å². The van der Waals surface area contributed by atoms with Gasteiger partial charge in [0.05, 0.1) is 15.9 Å². The number of hydrogen-bond donors (Lipinski definition) is 0. The molecule has 0 radical (unpaired) electrons. The Bertz CT molecular complexity index is 969. The molecule has 3 aromatic rings. The summed E-state index contributed by atoms with van der Waals surface area (Å²) in [6.07, 6.45) is 0.0484. The van der Waals surface area contributed by atoms with E-state index in [1.807, 2.05) is 24.3 Å². The number of carbonyl (C=O) groups excluding carboxylic acids is 2. The standard InChI is InChI=1S/C18H13FN2O2S2/c1-10-6-7-13(11(19)8-10)21-16(22)9-15(17(21)23)25-18-20-12-4-2-3-5-14(12)24-18/h2-8,15H,9H2,1H3. The maximum atomic E-state index is 14.2. The van der Waals surface area contributed by atoms with E-state index in [0.717, 1.165) is 25.0 Å². The third kappa shape index (κ3) is 2.94. The monoisotopic (exact) mass is 372 g/mol. The van der Waals surface area contributed by atoms with Crippen LogP contribution in [0.3, 0.4) is 0 Å². The molecule has 4 rings (SSSR count). The van der Waals surface area contributed by atoms with Crippen molar-refractivity contribution in [1.29, 1.82) is 0 Å². The van der Waals surface area contributed by atoms with Gasteiger partial charge in [0.25, 0.3) is 0 Å². The molecule has 1 aliphatic heterocycles. The van der Waals surface area contributed by atoms with Crippen molar-refractivity contribution >= 4 is 50.8 Å². The number of amides is 2. The lowest BCUT2D eigenvalue weighted by atomic mass is 10.2. The van der Waals surface area contributed by atoms with Gasteiger partial charge >= 0.3 is 0 Å². The first kappa shape index (κ1) is 16.2. The molecule has 2 heterocycles. The molecule has 0 saturated carbocycles. The zero-order valence-corrected chi connectivity index (χ0v) is 14.9. The number of aryl methyl sites for hydroxylation is 1. The number of para-hydroxylation sites is 1. The maximum absolute atomic E-state index is 14.2. The van der Waals surface area contributed by atoms with E-state index in [1.165, 1.54) is 35.2 Å². The number of fused-ring (bicyclic) bond motifs is 1. The summed E-state index contributed by atoms with van der Waals surface area (Å²) in [4.78, 5) is 30.4. The minimum Gasteiger partial charge on any atom is -0.274 e. The number of hydrogen-bond acceptors (Lipinski definition) is 5. The second-order valence-electron chi connectivity index (χ2n) is 5.78. The molecule has 2 aromatic carbocycles. The molecule has 0 aliphatic carbocycles. The molecule has 1 unspecified atom stereocenters. The summed E-state index contributed by atoms with van der Waals surface area (Å²) < 4.78 is 15.9. The third-order valence-electron chi connectivity index (χ3n) is 3.97. The molecule has 7 heteroatoms. The summed E-state index contributed by atoms with van der Waals surface area (Å²) in [5.41, 5.74) is 1.63. The van der Waals surface area contributed by atoms with Gasteiger partial charge in [-0.1, -0.05) is 30.0 Å². The van der Waals surface area contributed by atoms with Crippen molar-refractivity contribution in [2.75, 3.05) is 4.90 Å². The van der Waals surface area contributed by atoms with Crippen LogP contribution >= 0.6 is 23.1 Å². The van der Waals surface area contributed by atoms with Gasteiger partial charge in [0.1, 0.15) is 11.1 Å². The first-order valence-electron chi connectivity index (χ1n) is 7.68. The normalized spacial score (nSPS) is 17.7. The van der Waals surface area contributed by atoms with Gasteiger partial charge in [-0.05, 0) is 36.8 Å². The average molecular weight is 372 g/mol. The SMILES string of the molecule is Cc1ccc(N2C(=O)CC(Sc3nc4ccccc4s3)C2=O)c(F)c1. The molecule has 1 aromatic heterocycles. The number of thiazole rings is 1. The number of aromatic nitrogens is 1. The quantitative estimate of drug-likeness (QED) is 0.648. The number of nitrogens with zero attached hydrogens (tertiary/aromatic N) is 2. The summed E-state index contributed by atoms with van der Waals surface area (Å²) in [6, 6.07) is 12.2. The zero-order chi connectivity index (χ0) is 17.6. The van der Waals surface area contributed by atoms with Gasteiger partial charge in [-0.25, -0.2) is 14.3 Å². The van der Waals surface area contributed by atoms with Gasteiger partial charge in [-0.2, -0.15) is 0 Å². The van der Waals surface area contributed by atoms with Gasteiger partial charge in [0.15, 0.2) is 4.34 Å². The first-order chi connectivity index (χ1) is 12.0. The Morgan fingerprint density at radius 2 is 2.04 bits per heavy atom. The van der Waals surface area contributed by atoms with Crippen LogP contribution in [0.15, 0.2) is 46.8 Å². The minimum atomic E-state index is -0.575. The van der Waals surface area contributed by atoms with Crippen molar-refractivity contribution < 1.29 is 14.0 Å². The van der Waals surface area contributed by atoms with Gasteiger partial charge in [-0.3, -0.25) is 9.59 Å². The van der Waals surface area contributed by atoms with E-state index in [4.69, 9.17) is 0 Å². The van der Waals surface area contributed by atoms with Crippen molar-refractivity contribution in [2.24, 2.45) is 0 Å². The molecule has 25 heavy (non-hydrogen) atoms. The third-order valence-corrected chi connectivity index (χ3v) is 6.28. The Balaban J connectivity index is 1.60. The second-order valence-corrected chi connectivity index (χ2v) is 8.26. The number of carbonyl (C=O) groups is 2. The molecular formula is C18H13FN2O2S2. The lowest BCUT2D eigenvalue weighted by Crippen LogP contribution is -2.31. The highest BCUT2D eigenvalue weighted by atomic mass is 32.2. The van der Waals surface area contributed by atoms with Crippen molar-refractivity contribution in [3.63, 3.8) is 0 Å². The van der Waals surface area contributed by atoms with Crippen LogP contribution in [0.4, 0.5) is 10.1 Å². The molecule has 4 nitrogen and oxygen atoms in total. The van der Waals surface area contributed by atoms with E-state index >= 15 is 0 Å². The topological polar surface area (TPSA) is 50.3 Å². The van der Waals surface area contributed by atoms with Gasteiger partial charge in [0, 0.05) is 6.42 Å². The number of thioether (sulfide) groups is 1. The Hall–Kier alpha value is -2.25. The van der Waals surface area contributed by atoms with E-state index in [2.05, 4.69) is 4.98 Å². The van der Waals surface area contributed by atoms with Gasteiger partial charge < -0.3 is 0 Å². The average Bonchev–Trinajstić information content (AvgIpc) is 3.09. The Morgan fingerprint density at radius 3 is 2.80 bits per heavy atom. The van der Waals surface area contributed by atoms with Crippen molar-refractivity contribution in [3.05, 3.63) is 53.8 Å². The number of halogens is 1. The smallest absolute Gasteiger partial charge is 0.247 e. The summed E-state index contributed by atoms with van der Waals surface area (Å²) in [5.74, 6) is -1.34. The van der Waals surface area contributed by atoms with Gasteiger partial charge in [-0.15, -0.1) is 11.3 Å². The molecule has 0 N–H and O–H groups in total. The van der Waals surface area contributed by atoms with Crippen molar-refractivity contribution in [3.8, 4) is 0 Å². The molecule has 0 spiro atoms. The largest absolute Gasteiger partial charge is 0.274 e. The summed E-state index contributed by atoms with van der Waals surface area (Å²) in [7, 11) is 0. The van der Waals surface area contributed by atoms with Crippen LogP contribution in [-0.2, 0) is 9.59 Å². The van der Waals surface area contributed by atoms with Crippen molar-refractivity contribution in [1.82, 2.24) is 4.98 Å². The molecule has 1 fully saturated rings. The Morgan fingerprint density at radius 1 is 1.24 bits per heavy atom. The molecule has 2 amide bonds. The van der Waals surface area contributed by atoms with Crippen molar-refractivity contribution in [2.45, 2.75) is 22.9 Å². The van der Waals surface area contributed by atoms with E-state index in [1.54, 1.807) is 13.0 Å². The first-order valence-corrected chi connectivity index (χ1v) is 9.38. The Kier molecular flexibility index (Phi) is 4.05. The zero-order valence-electron chi connectivity index (χ0n) is 13.2. The Labute approximate surface area is 151 Å². The van der Waals surface area contributed by atoms with Gasteiger partial charge in [0.2, 0.25) is 11.8 Å².